The van der Waals surface area contributed by atoms with Crippen LogP contribution < -0.4 is 0 Å². The molecule has 1 amide bonds. The fourth-order valence-electron chi connectivity index (χ4n) is 3.50. The molecular weight excluding hydrogens is 240 g/mol. The summed E-state index contributed by atoms with van der Waals surface area (Å²) in [6.45, 7) is 8.23. The molecule has 2 bridgehead atoms. The Bertz CT molecular complexity index is 480. The molecule has 3 aliphatic heterocycles. The Morgan fingerprint density at radius 3 is 2.58 bits per heavy atom. The largest absolute Gasteiger partial charge is 0.469 e. The monoisotopic (exact) mass is 262 g/mol. The fourth-order valence-corrected chi connectivity index (χ4v) is 3.50. The van der Waals surface area contributed by atoms with Crippen molar-refractivity contribution in [1.82, 2.24) is 9.80 Å². The second-order valence-electron chi connectivity index (χ2n) is 6.02. The summed E-state index contributed by atoms with van der Waals surface area (Å²) in [5.41, 5.74) is 0.726. The third-order valence-corrected chi connectivity index (χ3v) is 4.59. The van der Waals surface area contributed by atoms with Crippen molar-refractivity contribution in [3.8, 4) is 0 Å². The summed E-state index contributed by atoms with van der Waals surface area (Å²) in [6.07, 6.45) is 3.96. The van der Waals surface area contributed by atoms with Crippen LogP contribution in [0.1, 0.15) is 42.8 Å². The van der Waals surface area contributed by atoms with Crippen LogP contribution in [0.3, 0.4) is 0 Å². The second-order valence-corrected chi connectivity index (χ2v) is 6.02. The lowest BCUT2D eigenvalue weighted by Gasteiger charge is -2.53. The molecule has 0 saturated carbocycles. The van der Waals surface area contributed by atoms with Crippen LogP contribution in [-0.4, -0.2) is 46.9 Å². The van der Waals surface area contributed by atoms with Gasteiger partial charge in [0.25, 0.3) is 5.91 Å². The van der Waals surface area contributed by atoms with E-state index in [2.05, 4.69) is 23.6 Å². The van der Waals surface area contributed by atoms with Gasteiger partial charge in [0.2, 0.25) is 0 Å². The van der Waals surface area contributed by atoms with Gasteiger partial charge in [0.1, 0.15) is 5.76 Å². The maximum atomic E-state index is 12.6. The molecule has 0 unspecified atom stereocenters. The van der Waals surface area contributed by atoms with Crippen LogP contribution in [0.2, 0.25) is 0 Å². The third kappa shape index (κ3) is 2.08. The van der Waals surface area contributed by atoms with Crippen molar-refractivity contribution in [3.05, 3.63) is 23.7 Å². The number of piperazine rings is 1. The van der Waals surface area contributed by atoms with Crippen molar-refractivity contribution < 1.29 is 9.21 Å². The first-order valence-electron chi connectivity index (χ1n) is 7.18. The zero-order valence-electron chi connectivity index (χ0n) is 11.9. The van der Waals surface area contributed by atoms with Crippen LogP contribution in [0.4, 0.5) is 0 Å². The zero-order chi connectivity index (χ0) is 13.6. The molecule has 3 fully saturated rings. The number of carbonyl (C=O) groups is 1. The van der Waals surface area contributed by atoms with Crippen LogP contribution in [0, 0.1) is 6.92 Å². The molecule has 4 nitrogen and oxygen atoms in total. The van der Waals surface area contributed by atoms with Crippen molar-refractivity contribution in [3.63, 3.8) is 0 Å². The van der Waals surface area contributed by atoms with Crippen molar-refractivity contribution >= 4 is 5.91 Å². The van der Waals surface area contributed by atoms with Gasteiger partial charge >= 0.3 is 0 Å². The zero-order valence-corrected chi connectivity index (χ0v) is 11.9. The highest BCUT2D eigenvalue weighted by atomic mass is 16.3. The second kappa shape index (κ2) is 4.67. The number of amides is 1. The summed E-state index contributed by atoms with van der Waals surface area (Å²) in [4.78, 5) is 17.2. The van der Waals surface area contributed by atoms with Crippen molar-refractivity contribution in [2.45, 2.75) is 51.7 Å². The molecule has 104 valence electrons. The number of hydrogen-bond acceptors (Lipinski definition) is 3. The number of hydrogen-bond donors (Lipinski definition) is 0. The lowest BCUT2D eigenvalue weighted by molar-refractivity contribution is -0.0252. The number of piperidine rings is 2. The number of carbonyl (C=O) groups excluding carboxylic acids is 1. The molecule has 0 aromatic carbocycles. The number of furan rings is 1. The normalized spacial score (nSPS) is 27.3. The lowest BCUT2D eigenvalue weighted by atomic mass is 9.89. The van der Waals surface area contributed by atoms with Gasteiger partial charge in [-0.3, -0.25) is 9.69 Å². The van der Waals surface area contributed by atoms with Crippen LogP contribution >= 0.6 is 0 Å². The standard InChI is InChI=1S/C15H22N2O2/c1-10(2)16-8-13-5-4-12(16)9-17(13)15(18)14-6-7-19-11(14)3/h6-7,10,12-13H,4-5,8-9H2,1-3H3/t12-,13+/m1/s1. The number of fused-ring (bicyclic) bond motifs is 3. The molecule has 3 saturated heterocycles. The maximum absolute atomic E-state index is 12.6. The van der Waals surface area contributed by atoms with E-state index in [1.165, 1.54) is 6.42 Å². The Kier molecular flexibility index (Phi) is 3.13. The molecule has 0 N–H and O–H groups in total. The molecule has 0 spiro atoms. The average Bonchev–Trinajstić information content (AvgIpc) is 2.84. The van der Waals surface area contributed by atoms with Crippen LogP contribution in [-0.2, 0) is 0 Å². The highest BCUT2D eigenvalue weighted by Gasteiger charge is 2.42. The van der Waals surface area contributed by atoms with Gasteiger partial charge in [-0.1, -0.05) is 0 Å². The van der Waals surface area contributed by atoms with Crippen molar-refractivity contribution in [1.29, 1.82) is 0 Å². The smallest absolute Gasteiger partial charge is 0.257 e. The van der Waals surface area contributed by atoms with Crippen molar-refractivity contribution in [2.24, 2.45) is 0 Å². The van der Waals surface area contributed by atoms with Gasteiger partial charge in [0.05, 0.1) is 11.8 Å². The molecule has 3 aliphatic rings. The summed E-state index contributed by atoms with van der Waals surface area (Å²) in [5.74, 6) is 0.872. The quantitative estimate of drug-likeness (QED) is 0.820. The highest BCUT2D eigenvalue weighted by molar-refractivity contribution is 5.95. The van der Waals surface area contributed by atoms with Gasteiger partial charge in [-0.15, -0.1) is 0 Å². The van der Waals surface area contributed by atoms with E-state index in [4.69, 9.17) is 4.42 Å². The first-order chi connectivity index (χ1) is 9.08. The van der Waals surface area contributed by atoms with Crippen molar-refractivity contribution in [2.75, 3.05) is 13.1 Å². The van der Waals surface area contributed by atoms with Gasteiger partial charge in [-0.25, -0.2) is 0 Å². The SMILES string of the molecule is Cc1occc1C(=O)N1C[C@H]2CC[C@H]1CN2C(C)C. The van der Waals surface area contributed by atoms with E-state index >= 15 is 0 Å². The Morgan fingerprint density at radius 1 is 1.32 bits per heavy atom. The van der Waals surface area contributed by atoms with Crippen LogP contribution in [0.25, 0.3) is 0 Å². The molecule has 1 aromatic heterocycles. The van der Waals surface area contributed by atoms with Crippen LogP contribution in [0.5, 0.6) is 0 Å². The van der Waals surface area contributed by atoms with Gasteiger partial charge in [-0.05, 0) is 39.7 Å². The summed E-state index contributed by atoms with van der Waals surface area (Å²) < 4.78 is 5.26. The summed E-state index contributed by atoms with van der Waals surface area (Å²) >= 11 is 0. The lowest BCUT2D eigenvalue weighted by Crippen LogP contribution is -2.65. The average molecular weight is 262 g/mol. The van der Waals surface area contributed by atoms with Gasteiger partial charge in [0.15, 0.2) is 0 Å². The number of aryl methyl sites for hydroxylation is 1. The van der Waals surface area contributed by atoms with Gasteiger partial charge < -0.3 is 9.32 Å². The molecule has 1 aromatic rings. The highest BCUT2D eigenvalue weighted by Crippen LogP contribution is 2.31. The molecule has 4 rings (SSSR count). The first kappa shape index (κ1) is 12.7. The van der Waals surface area contributed by atoms with E-state index in [0.29, 0.717) is 18.1 Å². The van der Waals surface area contributed by atoms with Crippen LogP contribution in [0.15, 0.2) is 16.7 Å². The van der Waals surface area contributed by atoms with Gasteiger partial charge in [-0.2, -0.15) is 0 Å². The molecule has 2 atom stereocenters. The van der Waals surface area contributed by atoms with E-state index < -0.39 is 0 Å². The minimum absolute atomic E-state index is 0.143. The van der Waals surface area contributed by atoms with Gasteiger partial charge in [0, 0.05) is 31.2 Å². The minimum atomic E-state index is 0.143. The van der Waals surface area contributed by atoms with E-state index in [1.54, 1.807) is 12.3 Å². The molecule has 4 heterocycles. The maximum Gasteiger partial charge on any atom is 0.257 e. The summed E-state index contributed by atoms with van der Waals surface area (Å²) in [7, 11) is 0. The Morgan fingerprint density at radius 2 is 2.05 bits per heavy atom. The van der Waals surface area contributed by atoms with E-state index in [0.717, 1.165) is 30.8 Å². The molecule has 0 aliphatic carbocycles. The predicted molar refractivity (Wildman–Crippen MR) is 73.1 cm³/mol. The number of rotatable bonds is 2. The Labute approximate surface area is 114 Å². The molecule has 4 heteroatoms. The molecule has 0 radical (unpaired) electrons. The third-order valence-electron chi connectivity index (χ3n) is 4.59. The Hall–Kier alpha value is -1.29. The molecule has 19 heavy (non-hydrogen) atoms. The fraction of sp³-hybridized carbons (Fsp3) is 0.667. The summed E-state index contributed by atoms with van der Waals surface area (Å²) in [5, 5.41) is 0. The Balaban J connectivity index is 1.78. The van der Waals surface area contributed by atoms with E-state index in [-0.39, 0.29) is 5.91 Å². The number of nitrogens with zero attached hydrogens (tertiary/aromatic N) is 2. The predicted octanol–water partition coefficient (Wildman–Crippen LogP) is 2.29. The van der Waals surface area contributed by atoms with E-state index in [1.807, 2.05) is 6.92 Å². The minimum Gasteiger partial charge on any atom is -0.469 e. The molecular formula is C15H22N2O2. The first-order valence-corrected chi connectivity index (χ1v) is 7.18. The van der Waals surface area contributed by atoms with E-state index in [9.17, 15) is 4.79 Å². The summed E-state index contributed by atoms with van der Waals surface area (Å²) in [6, 6.07) is 3.26. The topological polar surface area (TPSA) is 36.7 Å².